The molecule has 0 saturated carbocycles. The van der Waals surface area contributed by atoms with Gasteiger partial charge in [-0.25, -0.2) is 14.8 Å². The van der Waals surface area contributed by atoms with Gasteiger partial charge in [-0.15, -0.1) is 0 Å². The van der Waals surface area contributed by atoms with Crippen molar-refractivity contribution in [2.24, 2.45) is 0 Å². The zero-order valence-electron chi connectivity index (χ0n) is 17.2. The molecule has 32 heavy (non-hydrogen) atoms. The molecule has 2 N–H and O–H groups in total. The number of nitrogens with one attached hydrogen (secondary N) is 2. The lowest BCUT2D eigenvalue weighted by molar-refractivity contribution is -0.123. The summed E-state index contributed by atoms with van der Waals surface area (Å²) in [5, 5.41) is 4.54. The maximum absolute atomic E-state index is 13.1. The molecular weight excluding hydrogens is 425 g/mol. The van der Waals surface area contributed by atoms with E-state index in [0.29, 0.717) is 31.0 Å². The topological polar surface area (TPSA) is 90.5 Å². The highest BCUT2D eigenvalue weighted by Gasteiger charge is 2.40. The Morgan fingerprint density at radius 1 is 1.25 bits per heavy atom. The molecule has 4 rings (SSSR count). The zero-order valence-corrected chi connectivity index (χ0v) is 17.2. The summed E-state index contributed by atoms with van der Waals surface area (Å²) in [6, 6.07) is 5.74. The van der Waals surface area contributed by atoms with Crippen LogP contribution in [0.15, 0.2) is 37.0 Å². The van der Waals surface area contributed by atoms with E-state index in [0.717, 1.165) is 11.1 Å². The summed E-state index contributed by atoms with van der Waals surface area (Å²) in [4.78, 5) is 37.3. The Kier molecular flexibility index (Phi) is 5.49. The lowest BCUT2D eigenvalue weighted by atomic mass is 10.1. The summed E-state index contributed by atoms with van der Waals surface area (Å²) in [5.41, 5.74) is 2.13. The van der Waals surface area contributed by atoms with Crippen LogP contribution in [0.1, 0.15) is 29.4 Å². The number of nitrogens with zero attached hydrogens (tertiary/aromatic N) is 4. The highest BCUT2D eigenvalue weighted by Crippen LogP contribution is 2.39. The van der Waals surface area contributed by atoms with Crippen molar-refractivity contribution in [2.75, 3.05) is 34.8 Å². The predicted molar refractivity (Wildman–Crippen MR) is 114 cm³/mol. The van der Waals surface area contributed by atoms with E-state index < -0.39 is 24.7 Å². The molecule has 0 radical (unpaired) electrons. The Bertz CT molecular complexity index is 1070. The number of hydrogen-bond donors (Lipinski definition) is 2. The average Bonchev–Trinajstić information content (AvgIpc) is 3.15. The third kappa shape index (κ3) is 4.36. The minimum Gasteiger partial charge on any atom is -0.366 e. The van der Waals surface area contributed by atoms with Gasteiger partial charge in [0.25, 0.3) is 5.91 Å². The van der Waals surface area contributed by atoms with Crippen molar-refractivity contribution in [3.63, 3.8) is 0 Å². The van der Waals surface area contributed by atoms with Gasteiger partial charge in [0.15, 0.2) is 5.82 Å². The van der Waals surface area contributed by atoms with Crippen LogP contribution < -0.4 is 20.4 Å². The average molecular weight is 446 g/mol. The molecule has 0 aromatic carbocycles. The summed E-state index contributed by atoms with van der Waals surface area (Å²) >= 11 is 0. The third-order valence-electron chi connectivity index (χ3n) is 5.34. The van der Waals surface area contributed by atoms with Gasteiger partial charge in [0, 0.05) is 19.3 Å². The second-order valence-corrected chi connectivity index (χ2v) is 7.74. The van der Waals surface area contributed by atoms with Gasteiger partial charge < -0.3 is 10.2 Å². The second-order valence-electron chi connectivity index (χ2n) is 7.74. The van der Waals surface area contributed by atoms with Crippen LogP contribution in [0, 0.1) is 0 Å². The van der Waals surface area contributed by atoms with Crippen LogP contribution in [0.5, 0.6) is 0 Å². The van der Waals surface area contributed by atoms with E-state index >= 15 is 0 Å². The lowest BCUT2D eigenvalue weighted by Gasteiger charge is -2.35. The number of urea groups is 1. The van der Waals surface area contributed by atoms with Crippen molar-refractivity contribution in [3.8, 4) is 0 Å². The van der Waals surface area contributed by atoms with Crippen LogP contribution in [-0.4, -0.2) is 53.8 Å². The summed E-state index contributed by atoms with van der Waals surface area (Å²) in [6.45, 7) is 5.53. The molecule has 11 heteroatoms. The molecule has 2 aliphatic rings. The molecule has 2 bridgehead atoms. The van der Waals surface area contributed by atoms with E-state index in [1.165, 1.54) is 11.0 Å². The normalized spacial score (nSPS) is 17.1. The van der Waals surface area contributed by atoms with Gasteiger partial charge in [0.2, 0.25) is 0 Å². The number of halogens is 3. The Labute approximate surface area is 182 Å². The summed E-state index contributed by atoms with van der Waals surface area (Å²) < 4.78 is 37.3. The summed E-state index contributed by atoms with van der Waals surface area (Å²) in [5.74, 6) is -0.397. The van der Waals surface area contributed by atoms with Crippen molar-refractivity contribution in [3.05, 3.63) is 48.3 Å². The van der Waals surface area contributed by atoms with Crippen LogP contribution in [0.2, 0.25) is 0 Å². The Balaban J connectivity index is 1.59. The maximum Gasteiger partial charge on any atom is 0.405 e. The molecule has 2 aliphatic heterocycles. The molecule has 168 valence electrons. The van der Waals surface area contributed by atoms with Crippen LogP contribution in [-0.2, 0) is 0 Å². The number of pyridine rings is 2. The molecule has 4 heterocycles. The molecule has 0 unspecified atom stereocenters. The molecule has 0 aliphatic carbocycles. The van der Waals surface area contributed by atoms with E-state index in [9.17, 15) is 22.8 Å². The first-order valence-electron chi connectivity index (χ1n) is 9.95. The van der Waals surface area contributed by atoms with Crippen LogP contribution in [0.25, 0.3) is 5.57 Å². The van der Waals surface area contributed by atoms with Crippen molar-refractivity contribution >= 4 is 34.8 Å². The molecule has 8 nitrogen and oxygen atoms in total. The van der Waals surface area contributed by atoms with E-state index in [2.05, 4.69) is 21.9 Å². The summed E-state index contributed by atoms with van der Waals surface area (Å²) in [7, 11) is 0. The molecule has 1 fully saturated rings. The van der Waals surface area contributed by atoms with Gasteiger partial charge >= 0.3 is 12.2 Å². The van der Waals surface area contributed by atoms with Gasteiger partial charge in [-0.3, -0.25) is 15.0 Å². The molecular formula is C21H21F3N6O2. The molecule has 2 aromatic rings. The van der Waals surface area contributed by atoms with E-state index in [1.54, 1.807) is 29.7 Å². The SMILES string of the molecule is C=C(C)c1ccc(NC(=O)N2c3nc(C(=O)NCC(F)(F)F)ccc3N3CC[C@H]2C3)nc1. The number of hydrogen-bond acceptors (Lipinski definition) is 5. The largest absolute Gasteiger partial charge is 0.405 e. The number of carbonyl (C=O) groups excluding carboxylic acids is 2. The smallest absolute Gasteiger partial charge is 0.366 e. The Morgan fingerprint density at radius 3 is 2.69 bits per heavy atom. The minimum atomic E-state index is -4.53. The van der Waals surface area contributed by atoms with E-state index in [1.807, 2.05) is 11.8 Å². The van der Waals surface area contributed by atoms with Crippen molar-refractivity contribution < 1.29 is 22.8 Å². The van der Waals surface area contributed by atoms with Crippen molar-refractivity contribution in [1.82, 2.24) is 15.3 Å². The van der Waals surface area contributed by atoms with Gasteiger partial charge in [-0.05, 0) is 48.7 Å². The van der Waals surface area contributed by atoms with Crippen LogP contribution >= 0.6 is 0 Å². The molecule has 0 spiro atoms. The number of anilines is 3. The van der Waals surface area contributed by atoms with Crippen LogP contribution in [0.4, 0.5) is 35.3 Å². The minimum absolute atomic E-state index is 0.182. The fourth-order valence-corrected chi connectivity index (χ4v) is 3.76. The molecule has 1 saturated heterocycles. The first-order valence-corrected chi connectivity index (χ1v) is 9.95. The van der Waals surface area contributed by atoms with Gasteiger partial charge in [-0.1, -0.05) is 6.58 Å². The zero-order chi connectivity index (χ0) is 23.0. The lowest BCUT2D eigenvalue weighted by Crippen LogP contribution is -2.48. The van der Waals surface area contributed by atoms with E-state index in [4.69, 9.17) is 0 Å². The van der Waals surface area contributed by atoms with Gasteiger partial charge in [0.1, 0.15) is 18.1 Å². The van der Waals surface area contributed by atoms with Gasteiger partial charge in [0.05, 0.1) is 11.7 Å². The quantitative estimate of drug-likeness (QED) is 0.751. The van der Waals surface area contributed by atoms with Crippen LogP contribution in [0.3, 0.4) is 0 Å². The van der Waals surface area contributed by atoms with Crippen molar-refractivity contribution in [2.45, 2.75) is 25.6 Å². The molecule has 1 atom stereocenters. The monoisotopic (exact) mass is 446 g/mol. The standard InChI is InChI=1S/C21H21F3N6O2/c1-12(2)13-3-6-17(25-9-13)28-20(32)30-14-7-8-29(10-14)16-5-4-15(27-18(16)30)19(31)26-11-21(22,23)24/h3-6,9,14H,1,7-8,10-11H2,2H3,(H,26,31)(H,25,28,32)/t14-/m0/s1. The fraction of sp³-hybridized carbons (Fsp3) is 0.333. The maximum atomic E-state index is 13.1. The van der Waals surface area contributed by atoms with Gasteiger partial charge in [-0.2, -0.15) is 13.2 Å². The second kappa shape index (κ2) is 8.13. The van der Waals surface area contributed by atoms with Crippen molar-refractivity contribution in [1.29, 1.82) is 0 Å². The fourth-order valence-electron chi connectivity index (χ4n) is 3.76. The number of aromatic nitrogens is 2. The Hall–Kier alpha value is -3.63. The number of allylic oxidation sites excluding steroid dienone is 1. The number of amides is 3. The van der Waals surface area contributed by atoms with E-state index in [-0.39, 0.29) is 17.6 Å². The first kappa shape index (κ1) is 21.6. The highest BCUT2D eigenvalue weighted by atomic mass is 19.4. The Morgan fingerprint density at radius 2 is 2.03 bits per heavy atom. The number of carbonyl (C=O) groups is 2. The summed E-state index contributed by atoms with van der Waals surface area (Å²) in [6.07, 6.45) is -2.24. The number of fused-ring (bicyclic) bond motifs is 4. The first-order chi connectivity index (χ1) is 15.1. The third-order valence-corrected chi connectivity index (χ3v) is 5.34. The number of alkyl halides is 3. The highest BCUT2D eigenvalue weighted by molar-refractivity contribution is 6.05. The number of rotatable bonds is 4. The molecule has 2 aromatic heterocycles. The predicted octanol–water partition coefficient (Wildman–Crippen LogP) is 3.43. The molecule has 3 amide bonds.